The van der Waals surface area contributed by atoms with Crippen molar-refractivity contribution in [2.75, 3.05) is 13.7 Å². The van der Waals surface area contributed by atoms with E-state index >= 15 is 0 Å². The normalized spacial score (nSPS) is 11.3. The van der Waals surface area contributed by atoms with E-state index in [1.54, 1.807) is 13.3 Å². The average Bonchev–Trinajstić information content (AvgIpc) is 3.05. The molecule has 0 aromatic carbocycles. The standard InChI is InChI=1S/C17H24N4OS/c1-4-14-8-9-15(23-14)12-21-17(18-5-2)20-11-13-7-6-10-19-16(13)22-3/h6-10H,4-5,11-12H2,1-3H3,(H2,18,20,21). The second-order valence-electron chi connectivity index (χ2n) is 4.94. The van der Waals surface area contributed by atoms with Gasteiger partial charge in [0.25, 0.3) is 0 Å². The summed E-state index contributed by atoms with van der Waals surface area (Å²) in [5, 5.41) is 6.63. The van der Waals surface area contributed by atoms with Crippen molar-refractivity contribution in [2.45, 2.75) is 33.4 Å². The summed E-state index contributed by atoms with van der Waals surface area (Å²) in [6.07, 6.45) is 2.80. The minimum atomic E-state index is 0.525. The molecule has 0 bridgehead atoms. The molecule has 0 spiro atoms. The molecule has 0 saturated heterocycles. The summed E-state index contributed by atoms with van der Waals surface area (Å²) >= 11 is 1.84. The monoisotopic (exact) mass is 332 g/mol. The van der Waals surface area contributed by atoms with Gasteiger partial charge in [-0.3, -0.25) is 0 Å². The summed E-state index contributed by atoms with van der Waals surface area (Å²) in [5.41, 5.74) is 0.969. The van der Waals surface area contributed by atoms with Gasteiger partial charge < -0.3 is 15.4 Å². The van der Waals surface area contributed by atoms with Crippen molar-refractivity contribution in [1.82, 2.24) is 15.6 Å². The van der Waals surface area contributed by atoms with E-state index in [2.05, 4.69) is 46.6 Å². The van der Waals surface area contributed by atoms with E-state index < -0.39 is 0 Å². The predicted octanol–water partition coefficient (Wildman–Crippen LogP) is 2.97. The molecule has 2 heterocycles. The van der Waals surface area contributed by atoms with Gasteiger partial charge in [0.1, 0.15) is 0 Å². The number of nitrogens with one attached hydrogen (secondary N) is 2. The van der Waals surface area contributed by atoms with Crippen molar-refractivity contribution in [3.63, 3.8) is 0 Å². The summed E-state index contributed by atoms with van der Waals surface area (Å²) in [5.74, 6) is 1.42. The van der Waals surface area contributed by atoms with Crippen LogP contribution in [0.3, 0.4) is 0 Å². The van der Waals surface area contributed by atoms with Crippen LogP contribution in [0.25, 0.3) is 0 Å². The predicted molar refractivity (Wildman–Crippen MR) is 96.1 cm³/mol. The van der Waals surface area contributed by atoms with Gasteiger partial charge in [0, 0.05) is 28.1 Å². The van der Waals surface area contributed by atoms with Crippen LogP contribution >= 0.6 is 11.3 Å². The van der Waals surface area contributed by atoms with Crippen LogP contribution in [0.4, 0.5) is 0 Å². The fraction of sp³-hybridized carbons (Fsp3) is 0.412. The molecule has 0 fully saturated rings. The summed E-state index contributed by atoms with van der Waals surface area (Å²) in [4.78, 5) is 11.5. The van der Waals surface area contributed by atoms with Crippen molar-refractivity contribution in [1.29, 1.82) is 0 Å². The zero-order valence-corrected chi connectivity index (χ0v) is 14.7. The lowest BCUT2D eigenvalue weighted by molar-refractivity contribution is 0.392. The van der Waals surface area contributed by atoms with E-state index in [-0.39, 0.29) is 0 Å². The van der Waals surface area contributed by atoms with Gasteiger partial charge in [-0.1, -0.05) is 13.0 Å². The summed E-state index contributed by atoms with van der Waals surface area (Å²) in [6.45, 7) is 6.36. The van der Waals surface area contributed by atoms with E-state index in [4.69, 9.17) is 4.74 Å². The van der Waals surface area contributed by atoms with Crippen molar-refractivity contribution in [3.05, 3.63) is 45.8 Å². The number of thiophene rings is 1. The van der Waals surface area contributed by atoms with Crippen LogP contribution in [-0.2, 0) is 19.5 Å². The third kappa shape index (κ3) is 5.25. The molecule has 0 unspecified atom stereocenters. The maximum Gasteiger partial charge on any atom is 0.218 e. The molecular formula is C17H24N4OS. The number of aromatic nitrogens is 1. The molecule has 2 aromatic heterocycles. The van der Waals surface area contributed by atoms with E-state index in [0.29, 0.717) is 12.4 Å². The molecule has 23 heavy (non-hydrogen) atoms. The van der Waals surface area contributed by atoms with Crippen molar-refractivity contribution in [3.8, 4) is 5.88 Å². The van der Waals surface area contributed by atoms with Crippen LogP contribution in [0.2, 0.25) is 0 Å². The van der Waals surface area contributed by atoms with Crippen molar-refractivity contribution >= 4 is 17.3 Å². The highest BCUT2D eigenvalue weighted by Gasteiger charge is 2.04. The van der Waals surface area contributed by atoms with Gasteiger partial charge in [0.05, 0.1) is 20.2 Å². The number of methoxy groups -OCH3 is 1. The Balaban J connectivity index is 1.99. The molecule has 2 N–H and O–H groups in total. The maximum atomic E-state index is 5.26. The smallest absolute Gasteiger partial charge is 0.218 e. The SMILES string of the molecule is CCNC(=NCc1cccnc1OC)NCc1ccc(CC)s1. The fourth-order valence-corrected chi connectivity index (χ4v) is 3.01. The van der Waals surface area contributed by atoms with Gasteiger partial charge in [0.15, 0.2) is 5.96 Å². The quantitative estimate of drug-likeness (QED) is 0.604. The van der Waals surface area contributed by atoms with Gasteiger partial charge in [-0.25, -0.2) is 9.98 Å². The second-order valence-corrected chi connectivity index (χ2v) is 6.19. The molecule has 0 aliphatic heterocycles. The van der Waals surface area contributed by atoms with Crippen LogP contribution in [-0.4, -0.2) is 24.6 Å². The lowest BCUT2D eigenvalue weighted by Crippen LogP contribution is -2.36. The lowest BCUT2D eigenvalue weighted by Gasteiger charge is -2.11. The summed E-state index contributed by atoms with van der Waals surface area (Å²) in [7, 11) is 1.63. The Hall–Kier alpha value is -2.08. The second kappa shape index (κ2) is 9.15. The largest absolute Gasteiger partial charge is 0.481 e. The van der Waals surface area contributed by atoms with E-state index in [1.807, 2.05) is 23.5 Å². The van der Waals surface area contributed by atoms with Crippen LogP contribution < -0.4 is 15.4 Å². The van der Waals surface area contributed by atoms with Crippen LogP contribution in [0.15, 0.2) is 35.5 Å². The first-order chi connectivity index (χ1) is 11.3. The zero-order chi connectivity index (χ0) is 16.5. The Bertz CT molecular complexity index is 639. The number of pyridine rings is 1. The van der Waals surface area contributed by atoms with E-state index in [1.165, 1.54) is 9.75 Å². The Morgan fingerprint density at radius 3 is 2.74 bits per heavy atom. The molecule has 0 amide bonds. The molecule has 0 saturated carbocycles. The third-order valence-corrected chi connectivity index (χ3v) is 4.52. The Morgan fingerprint density at radius 2 is 2.04 bits per heavy atom. The number of hydrogen-bond donors (Lipinski definition) is 2. The first-order valence-electron chi connectivity index (χ1n) is 7.84. The topological polar surface area (TPSA) is 58.5 Å². The first-order valence-corrected chi connectivity index (χ1v) is 8.66. The average molecular weight is 332 g/mol. The number of ether oxygens (including phenoxy) is 1. The number of aliphatic imine (C=N–C) groups is 1. The fourth-order valence-electron chi connectivity index (χ4n) is 2.11. The summed E-state index contributed by atoms with van der Waals surface area (Å²) < 4.78 is 5.26. The number of aryl methyl sites for hydroxylation is 1. The molecule has 0 atom stereocenters. The zero-order valence-electron chi connectivity index (χ0n) is 13.9. The minimum Gasteiger partial charge on any atom is -0.481 e. The van der Waals surface area contributed by atoms with Crippen LogP contribution in [0.1, 0.15) is 29.2 Å². The maximum absolute atomic E-state index is 5.26. The highest BCUT2D eigenvalue weighted by atomic mass is 32.1. The van der Waals surface area contributed by atoms with E-state index in [0.717, 1.165) is 31.0 Å². The Labute approximate surface area is 141 Å². The van der Waals surface area contributed by atoms with Gasteiger partial charge in [0.2, 0.25) is 5.88 Å². The van der Waals surface area contributed by atoms with Gasteiger partial charge in [-0.2, -0.15) is 0 Å². The number of nitrogens with zero attached hydrogens (tertiary/aromatic N) is 2. The van der Waals surface area contributed by atoms with Crippen LogP contribution in [0, 0.1) is 0 Å². The Morgan fingerprint density at radius 1 is 1.22 bits per heavy atom. The Kier molecular flexibility index (Phi) is 6.87. The molecule has 0 radical (unpaired) electrons. The van der Waals surface area contributed by atoms with Crippen LogP contribution in [0.5, 0.6) is 5.88 Å². The minimum absolute atomic E-state index is 0.525. The lowest BCUT2D eigenvalue weighted by atomic mass is 10.3. The molecular weight excluding hydrogens is 308 g/mol. The van der Waals surface area contributed by atoms with Gasteiger partial charge in [-0.15, -0.1) is 11.3 Å². The molecule has 2 rings (SSSR count). The summed E-state index contributed by atoms with van der Waals surface area (Å²) in [6, 6.07) is 8.23. The molecule has 5 nitrogen and oxygen atoms in total. The number of hydrogen-bond acceptors (Lipinski definition) is 4. The molecule has 0 aliphatic carbocycles. The number of guanidine groups is 1. The van der Waals surface area contributed by atoms with Gasteiger partial charge in [-0.05, 0) is 31.5 Å². The third-order valence-electron chi connectivity index (χ3n) is 3.29. The highest BCUT2D eigenvalue weighted by molar-refractivity contribution is 7.11. The highest BCUT2D eigenvalue weighted by Crippen LogP contribution is 2.17. The van der Waals surface area contributed by atoms with Crippen molar-refractivity contribution in [2.24, 2.45) is 4.99 Å². The first kappa shape index (κ1) is 17.3. The molecule has 0 aliphatic rings. The molecule has 124 valence electrons. The molecule has 6 heteroatoms. The molecule has 2 aromatic rings. The number of rotatable bonds is 7. The van der Waals surface area contributed by atoms with E-state index in [9.17, 15) is 0 Å². The van der Waals surface area contributed by atoms with Crippen molar-refractivity contribution < 1.29 is 4.74 Å². The van der Waals surface area contributed by atoms with Gasteiger partial charge >= 0.3 is 0 Å².